The van der Waals surface area contributed by atoms with Gasteiger partial charge in [-0.3, -0.25) is 0 Å². The molecule has 2 N–H and O–H groups in total. The Morgan fingerprint density at radius 1 is 1.40 bits per heavy atom. The summed E-state index contributed by atoms with van der Waals surface area (Å²) in [7, 11) is 0. The van der Waals surface area contributed by atoms with Crippen LogP contribution in [0.4, 0.5) is 10.2 Å². The first-order chi connectivity index (χ1) is 7.08. The van der Waals surface area contributed by atoms with Crippen molar-refractivity contribution in [2.45, 2.75) is 6.92 Å². The Labute approximate surface area is 94.2 Å². The lowest BCUT2D eigenvalue weighted by Crippen LogP contribution is -1.84. The molecule has 0 aliphatic heterocycles. The average Bonchev–Trinajstić information content (AvgIpc) is 2.46. The van der Waals surface area contributed by atoms with Crippen molar-refractivity contribution >= 4 is 21.7 Å². The van der Waals surface area contributed by atoms with Crippen LogP contribution >= 0.6 is 15.9 Å². The quantitative estimate of drug-likeness (QED) is 0.866. The maximum atomic E-state index is 13.1. The number of rotatable bonds is 1. The zero-order chi connectivity index (χ0) is 11.0. The molecule has 3 nitrogen and oxygen atoms in total. The molecule has 0 aliphatic rings. The van der Waals surface area contributed by atoms with Crippen molar-refractivity contribution in [3.8, 4) is 11.3 Å². The van der Waals surface area contributed by atoms with E-state index < -0.39 is 0 Å². The van der Waals surface area contributed by atoms with Gasteiger partial charge in [-0.15, -0.1) is 0 Å². The number of hydrogen-bond donors (Lipinski definition) is 1. The van der Waals surface area contributed by atoms with Gasteiger partial charge < -0.3 is 10.3 Å². The van der Waals surface area contributed by atoms with Gasteiger partial charge in [0.15, 0.2) is 11.6 Å². The highest BCUT2D eigenvalue weighted by Crippen LogP contribution is 2.33. The molecule has 0 saturated carbocycles. The summed E-state index contributed by atoms with van der Waals surface area (Å²) in [5.74, 6) is 0.383. The molecule has 0 saturated heterocycles. The number of hydrogen-bond acceptors (Lipinski definition) is 3. The fourth-order valence-electron chi connectivity index (χ4n) is 1.34. The Morgan fingerprint density at radius 2 is 2.13 bits per heavy atom. The Kier molecular flexibility index (Phi) is 2.48. The largest absolute Gasteiger partial charge is 0.380 e. The smallest absolute Gasteiger partial charge is 0.183 e. The molecule has 15 heavy (non-hydrogen) atoms. The monoisotopic (exact) mass is 270 g/mol. The van der Waals surface area contributed by atoms with E-state index >= 15 is 0 Å². The number of aromatic nitrogens is 1. The van der Waals surface area contributed by atoms with Crippen LogP contribution < -0.4 is 5.73 Å². The standard InChI is InChI=1S/C10H8BrFN2O/c1-5-2-6(4-7(12)3-5)9-8(11)10(13)14-15-9/h2-4H,1H3,(H2,13,14). The molecule has 0 spiro atoms. The summed E-state index contributed by atoms with van der Waals surface area (Å²) in [5, 5.41) is 3.59. The molecule has 2 rings (SSSR count). The van der Waals surface area contributed by atoms with Gasteiger partial charge in [0.2, 0.25) is 0 Å². The molecule has 0 amide bonds. The molecule has 1 aromatic heterocycles. The van der Waals surface area contributed by atoms with Gasteiger partial charge in [-0.25, -0.2) is 4.39 Å². The van der Waals surface area contributed by atoms with Crippen molar-refractivity contribution in [1.29, 1.82) is 0 Å². The lowest BCUT2D eigenvalue weighted by Gasteiger charge is -1.99. The summed E-state index contributed by atoms with van der Waals surface area (Å²) in [6.07, 6.45) is 0. The van der Waals surface area contributed by atoms with E-state index in [1.54, 1.807) is 13.0 Å². The average molecular weight is 271 g/mol. The van der Waals surface area contributed by atoms with Crippen molar-refractivity contribution < 1.29 is 8.91 Å². The highest BCUT2D eigenvalue weighted by molar-refractivity contribution is 9.10. The second-order valence-electron chi connectivity index (χ2n) is 3.23. The third-order valence-corrected chi connectivity index (χ3v) is 2.73. The minimum absolute atomic E-state index is 0.256. The molecule has 0 fully saturated rings. The van der Waals surface area contributed by atoms with Gasteiger partial charge in [0.05, 0.1) is 0 Å². The van der Waals surface area contributed by atoms with Gasteiger partial charge in [0.1, 0.15) is 10.3 Å². The van der Waals surface area contributed by atoms with E-state index in [0.717, 1.165) is 5.56 Å². The van der Waals surface area contributed by atoms with Crippen LogP contribution in [-0.2, 0) is 0 Å². The van der Waals surface area contributed by atoms with Gasteiger partial charge in [0, 0.05) is 5.56 Å². The Balaban J connectivity index is 2.58. The van der Waals surface area contributed by atoms with Gasteiger partial charge in [0.25, 0.3) is 0 Å². The lowest BCUT2D eigenvalue weighted by molar-refractivity contribution is 0.435. The molecule has 0 aliphatic carbocycles. The predicted octanol–water partition coefficient (Wildman–Crippen LogP) is 3.13. The normalized spacial score (nSPS) is 10.6. The van der Waals surface area contributed by atoms with Crippen molar-refractivity contribution in [2.75, 3.05) is 5.73 Å². The molecule has 5 heteroatoms. The Hall–Kier alpha value is -1.36. The number of halogens is 2. The van der Waals surface area contributed by atoms with E-state index in [1.807, 2.05) is 0 Å². The van der Waals surface area contributed by atoms with Crippen LogP contribution in [0.2, 0.25) is 0 Å². The highest BCUT2D eigenvalue weighted by atomic mass is 79.9. The second kappa shape index (κ2) is 3.66. The van der Waals surface area contributed by atoms with Gasteiger partial charge in [-0.2, -0.15) is 0 Å². The van der Waals surface area contributed by atoms with Crippen molar-refractivity contribution in [3.63, 3.8) is 0 Å². The first kappa shape index (κ1) is 10.2. The molecule has 1 heterocycles. The second-order valence-corrected chi connectivity index (χ2v) is 4.02. The number of aryl methyl sites for hydroxylation is 1. The summed E-state index contributed by atoms with van der Waals surface area (Å²) < 4.78 is 18.7. The number of nitrogen functional groups attached to an aromatic ring is 1. The SMILES string of the molecule is Cc1cc(F)cc(-c2onc(N)c2Br)c1. The zero-order valence-corrected chi connectivity index (χ0v) is 9.51. The zero-order valence-electron chi connectivity index (χ0n) is 7.92. The van der Waals surface area contributed by atoms with E-state index in [4.69, 9.17) is 10.3 Å². The lowest BCUT2D eigenvalue weighted by atomic mass is 10.1. The third-order valence-electron chi connectivity index (χ3n) is 1.96. The maximum absolute atomic E-state index is 13.1. The molecular formula is C10H8BrFN2O. The van der Waals surface area contributed by atoms with Crippen LogP contribution in [0, 0.1) is 12.7 Å². The predicted molar refractivity (Wildman–Crippen MR) is 58.7 cm³/mol. The summed E-state index contributed by atoms with van der Waals surface area (Å²) in [6, 6.07) is 4.61. The van der Waals surface area contributed by atoms with E-state index in [1.165, 1.54) is 12.1 Å². The topological polar surface area (TPSA) is 52.0 Å². The first-order valence-corrected chi connectivity index (χ1v) is 5.05. The molecular weight excluding hydrogens is 263 g/mol. The van der Waals surface area contributed by atoms with Gasteiger partial charge in [-0.1, -0.05) is 5.16 Å². The van der Waals surface area contributed by atoms with Crippen molar-refractivity contribution in [2.24, 2.45) is 0 Å². The van der Waals surface area contributed by atoms with E-state index in [0.29, 0.717) is 15.8 Å². The van der Waals surface area contributed by atoms with Gasteiger partial charge in [-0.05, 0) is 46.6 Å². The summed E-state index contributed by atoms with van der Waals surface area (Å²) in [5.41, 5.74) is 6.93. The molecule has 78 valence electrons. The van der Waals surface area contributed by atoms with Crippen LogP contribution in [0.15, 0.2) is 27.2 Å². The molecule has 1 aromatic carbocycles. The summed E-state index contributed by atoms with van der Waals surface area (Å²) >= 11 is 3.23. The van der Waals surface area contributed by atoms with Gasteiger partial charge >= 0.3 is 0 Å². The molecule has 2 aromatic rings. The minimum Gasteiger partial charge on any atom is -0.380 e. The molecule has 0 unspecified atom stereocenters. The van der Waals surface area contributed by atoms with Crippen LogP contribution in [0.25, 0.3) is 11.3 Å². The number of anilines is 1. The van der Waals surface area contributed by atoms with E-state index in [2.05, 4.69) is 21.1 Å². The van der Waals surface area contributed by atoms with Crippen LogP contribution in [-0.4, -0.2) is 5.16 Å². The van der Waals surface area contributed by atoms with E-state index in [9.17, 15) is 4.39 Å². The van der Waals surface area contributed by atoms with Crippen LogP contribution in [0.3, 0.4) is 0 Å². The highest BCUT2D eigenvalue weighted by Gasteiger charge is 2.13. The van der Waals surface area contributed by atoms with Crippen LogP contribution in [0.1, 0.15) is 5.56 Å². The maximum Gasteiger partial charge on any atom is 0.183 e. The number of nitrogens with two attached hydrogens (primary N) is 1. The van der Waals surface area contributed by atoms with E-state index in [-0.39, 0.29) is 11.6 Å². The number of nitrogens with zero attached hydrogens (tertiary/aromatic N) is 1. The Morgan fingerprint density at radius 3 is 2.67 bits per heavy atom. The first-order valence-electron chi connectivity index (χ1n) is 4.26. The third kappa shape index (κ3) is 1.87. The van der Waals surface area contributed by atoms with Crippen molar-refractivity contribution in [1.82, 2.24) is 5.16 Å². The van der Waals surface area contributed by atoms with Crippen molar-refractivity contribution in [3.05, 3.63) is 34.1 Å². The molecule has 0 radical (unpaired) electrons. The molecule has 0 atom stereocenters. The molecule has 0 bridgehead atoms. The summed E-state index contributed by atoms with van der Waals surface area (Å²) in [6.45, 7) is 1.81. The Bertz CT molecular complexity index is 490. The number of benzene rings is 1. The fraction of sp³-hybridized carbons (Fsp3) is 0.100. The summed E-state index contributed by atoms with van der Waals surface area (Å²) in [4.78, 5) is 0. The minimum atomic E-state index is -0.313. The van der Waals surface area contributed by atoms with Crippen LogP contribution in [0.5, 0.6) is 0 Å². The fourth-order valence-corrected chi connectivity index (χ4v) is 1.71.